The fraction of sp³-hybridized carbons (Fsp3) is 0.611. The second-order valence-corrected chi connectivity index (χ2v) is 6.63. The number of rotatable bonds is 4. The van der Waals surface area contributed by atoms with Crippen LogP contribution >= 0.6 is 0 Å². The SMILES string of the molecule is CCCN(C(=O)c1ccc(C)cc1)C1CC2CCC(C1)N2. The number of fused-ring (bicyclic) bond motifs is 2. The highest BCUT2D eigenvalue weighted by Crippen LogP contribution is 2.30. The van der Waals surface area contributed by atoms with E-state index in [2.05, 4.69) is 24.1 Å². The van der Waals surface area contributed by atoms with Crippen molar-refractivity contribution < 1.29 is 4.79 Å². The fourth-order valence-corrected chi connectivity index (χ4v) is 3.83. The molecule has 0 saturated carbocycles. The van der Waals surface area contributed by atoms with Crippen LogP contribution in [0.1, 0.15) is 54.9 Å². The van der Waals surface area contributed by atoms with Crippen LogP contribution < -0.4 is 5.32 Å². The van der Waals surface area contributed by atoms with Crippen molar-refractivity contribution in [1.29, 1.82) is 0 Å². The third-order valence-corrected chi connectivity index (χ3v) is 4.91. The van der Waals surface area contributed by atoms with Crippen molar-refractivity contribution >= 4 is 5.91 Å². The topological polar surface area (TPSA) is 32.3 Å². The molecular weight excluding hydrogens is 260 g/mol. The van der Waals surface area contributed by atoms with E-state index in [1.165, 1.54) is 18.4 Å². The van der Waals surface area contributed by atoms with Crippen molar-refractivity contribution in [3.8, 4) is 0 Å². The number of carbonyl (C=O) groups is 1. The zero-order valence-electron chi connectivity index (χ0n) is 13.1. The van der Waals surface area contributed by atoms with Gasteiger partial charge in [0, 0.05) is 30.2 Å². The van der Waals surface area contributed by atoms with Crippen LogP contribution in [-0.2, 0) is 0 Å². The van der Waals surface area contributed by atoms with Gasteiger partial charge >= 0.3 is 0 Å². The van der Waals surface area contributed by atoms with Crippen molar-refractivity contribution in [1.82, 2.24) is 10.2 Å². The van der Waals surface area contributed by atoms with Gasteiger partial charge in [-0.25, -0.2) is 0 Å². The first-order chi connectivity index (χ1) is 10.2. The van der Waals surface area contributed by atoms with Gasteiger partial charge in [-0.2, -0.15) is 0 Å². The third-order valence-electron chi connectivity index (χ3n) is 4.91. The summed E-state index contributed by atoms with van der Waals surface area (Å²) < 4.78 is 0. The standard InChI is InChI=1S/C18H26N2O/c1-3-10-20(17-11-15-8-9-16(12-17)19-15)18(21)14-6-4-13(2)5-7-14/h4-7,15-17,19H,3,8-12H2,1-2H3. The molecule has 1 amide bonds. The first kappa shape index (κ1) is 14.6. The lowest BCUT2D eigenvalue weighted by molar-refractivity contribution is 0.0617. The number of hydrogen-bond donors (Lipinski definition) is 1. The number of nitrogens with one attached hydrogen (secondary N) is 1. The highest BCUT2D eigenvalue weighted by molar-refractivity contribution is 5.94. The van der Waals surface area contributed by atoms with Crippen LogP contribution in [0.3, 0.4) is 0 Å². The Balaban J connectivity index is 1.77. The van der Waals surface area contributed by atoms with E-state index in [4.69, 9.17) is 0 Å². The largest absolute Gasteiger partial charge is 0.336 e. The van der Waals surface area contributed by atoms with Crippen molar-refractivity contribution in [3.05, 3.63) is 35.4 Å². The van der Waals surface area contributed by atoms with Gasteiger partial charge in [-0.05, 0) is 51.2 Å². The van der Waals surface area contributed by atoms with Crippen LogP contribution in [0.2, 0.25) is 0 Å². The van der Waals surface area contributed by atoms with Crippen molar-refractivity contribution in [2.75, 3.05) is 6.54 Å². The van der Waals surface area contributed by atoms with Crippen LogP contribution in [0.15, 0.2) is 24.3 Å². The summed E-state index contributed by atoms with van der Waals surface area (Å²) >= 11 is 0. The molecule has 2 heterocycles. The summed E-state index contributed by atoms with van der Waals surface area (Å²) in [5, 5.41) is 3.67. The van der Waals surface area contributed by atoms with Gasteiger partial charge in [0.1, 0.15) is 0 Å². The predicted octanol–water partition coefficient (Wildman–Crippen LogP) is 3.13. The Labute approximate surface area is 127 Å². The van der Waals surface area contributed by atoms with Crippen LogP contribution in [0.4, 0.5) is 0 Å². The van der Waals surface area contributed by atoms with Gasteiger partial charge in [0.2, 0.25) is 0 Å². The summed E-state index contributed by atoms with van der Waals surface area (Å²) in [7, 11) is 0. The highest BCUT2D eigenvalue weighted by Gasteiger charge is 2.37. The lowest BCUT2D eigenvalue weighted by Crippen LogP contribution is -2.50. The molecule has 0 spiro atoms. The Hall–Kier alpha value is -1.35. The summed E-state index contributed by atoms with van der Waals surface area (Å²) in [4.78, 5) is 15.0. The Bertz CT molecular complexity index is 484. The maximum Gasteiger partial charge on any atom is 0.254 e. The summed E-state index contributed by atoms with van der Waals surface area (Å²) in [6, 6.07) is 9.66. The van der Waals surface area contributed by atoms with Gasteiger partial charge in [-0.15, -0.1) is 0 Å². The first-order valence-corrected chi connectivity index (χ1v) is 8.31. The normalized spacial score (nSPS) is 27.6. The zero-order valence-corrected chi connectivity index (χ0v) is 13.1. The molecule has 2 unspecified atom stereocenters. The molecule has 2 saturated heterocycles. The molecule has 21 heavy (non-hydrogen) atoms. The van der Waals surface area contributed by atoms with Gasteiger partial charge in [0.25, 0.3) is 5.91 Å². The molecule has 1 N–H and O–H groups in total. The van der Waals surface area contributed by atoms with E-state index in [0.29, 0.717) is 18.1 Å². The minimum atomic E-state index is 0.211. The lowest BCUT2D eigenvalue weighted by atomic mass is 9.97. The van der Waals surface area contributed by atoms with E-state index in [0.717, 1.165) is 31.4 Å². The molecule has 2 aliphatic heterocycles. The minimum Gasteiger partial charge on any atom is -0.336 e. The molecule has 1 aromatic carbocycles. The minimum absolute atomic E-state index is 0.211. The number of benzene rings is 1. The summed E-state index contributed by atoms with van der Waals surface area (Å²) in [6.07, 6.45) is 5.82. The maximum absolute atomic E-state index is 12.9. The lowest BCUT2D eigenvalue weighted by Gasteiger charge is -2.38. The van der Waals surface area contributed by atoms with Crippen LogP contribution in [-0.4, -0.2) is 35.5 Å². The van der Waals surface area contributed by atoms with Gasteiger partial charge in [0.15, 0.2) is 0 Å². The first-order valence-electron chi connectivity index (χ1n) is 8.31. The van der Waals surface area contributed by atoms with E-state index in [1.807, 2.05) is 24.3 Å². The molecule has 114 valence electrons. The van der Waals surface area contributed by atoms with Crippen molar-refractivity contribution in [2.45, 2.75) is 64.1 Å². The average molecular weight is 286 g/mol. The Morgan fingerprint density at radius 1 is 1.19 bits per heavy atom. The number of aryl methyl sites for hydroxylation is 1. The number of piperidine rings is 1. The average Bonchev–Trinajstić information content (AvgIpc) is 2.83. The molecule has 2 fully saturated rings. The fourth-order valence-electron chi connectivity index (χ4n) is 3.83. The van der Waals surface area contributed by atoms with Gasteiger partial charge < -0.3 is 10.2 Å². The number of nitrogens with zero attached hydrogens (tertiary/aromatic N) is 1. The second kappa shape index (κ2) is 6.18. The summed E-state index contributed by atoms with van der Waals surface area (Å²) in [6.45, 7) is 5.09. The zero-order chi connectivity index (χ0) is 14.8. The predicted molar refractivity (Wildman–Crippen MR) is 85.5 cm³/mol. The smallest absolute Gasteiger partial charge is 0.254 e. The molecule has 1 aromatic rings. The molecule has 0 aliphatic carbocycles. The van der Waals surface area contributed by atoms with Crippen LogP contribution in [0.5, 0.6) is 0 Å². The number of carbonyl (C=O) groups excluding carboxylic acids is 1. The molecule has 2 bridgehead atoms. The molecule has 3 nitrogen and oxygen atoms in total. The Morgan fingerprint density at radius 3 is 2.38 bits per heavy atom. The van der Waals surface area contributed by atoms with E-state index < -0.39 is 0 Å². The quantitative estimate of drug-likeness (QED) is 0.922. The van der Waals surface area contributed by atoms with E-state index in [-0.39, 0.29) is 5.91 Å². The van der Waals surface area contributed by atoms with Crippen molar-refractivity contribution in [3.63, 3.8) is 0 Å². The third kappa shape index (κ3) is 3.13. The van der Waals surface area contributed by atoms with Crippen molar-refractivity contribution in [2.24, 2.45) is 0 Å². The van der Waals surface area contributed by atoms with Crippen LogP contribution in [0, 0.1) is 6.92 Å². The summed E-state index contributed by atoms with van der Waals surface area (Å²) in [5.74, 6) is 0.211. The monoisotopic (exact) mass is 286 g/mol. The van der Waals surface area contributed by atoms with Gasteiger partial charge in [-0.3, -0.25) is 4.79 Å². The molecule has 0 aromatic heterocycles. The van der Waals surface area contributed by atoms with Gasteiger partial charge in [0.05, 0.1) is 0 Å². The molecule has 0 radical (unpaired) electrons. The Morgan fingerprint density at radius 2 is 1.81 bits per heavy atom. The second-order valence-electron chi connectivity index (χ2n) is 6.63. The maximum atomic E-state index is 12.9. The molecule has 2 aliphatic rings. The number of hydrogen-bond acceptors (Lipinski definition) is 2. The van der Waals surface area contributed by atoms with Gasteiger partial charge in [-0.1, -0.05) is 24.6 Å². The van der Waals surface area contributed by atoms with Crippen LogP contribution in [0.25, 0.3) is 0 Å². The highest BCUT2D eigenvalue weighted by atomic mass is 16.2. The van der Waals surface area contributed by atoms with E-state index in [1.54, 1.807) is 0 Å². The molecular formula is C18H26N2O. The molecule has 3 rings (SSSR count). The molecule has 2 atom stereocenters. The molecule has 3 heteroatoms. The summed E-state index contributed by atoms with van der Waals surface area (Å²) in [5.41, 5.74) is 2.04. The van der Waals surface area contributed by atoms with E-state index >= 15 is 0 Å². The number of amides is 1. The Kier molecular flexibility index (Phi) is 4.29. The van der Waals surface area contributed by atoms with E-state index in [9.17, 15) is 4.79 Å².